The molecule has 0 N–H and O–H groups in total. The maximum absolute atomic E-state index is 13.0. The Hall–Kier alpha value is -2.52. The summed E-state index contributed by atoms with van der Waals surface area (Å²) in [4.78, 5) is 7.09. The van der Waals surface area contributed by atoms with Crippen LogP contribution in [-0.2, 0) is 21.3 Å². The second-order valence-electron chi connectivity index (χ2n) is 7.49. The molecule has 4 rings (SSSR count). The van der Waals surface area contributed by atoms with Gasteiger partial charge in [-0.1, -0.05) is 24.3 Å². The first-order valence-corrected chi connectivity index (χ1v) is 11.8. The highest BCUT2D eigenvalue weighted by atomic mass is 32.2. The van der Waals surface area contributed by atoms with Crippen molar-refractivity contribution in [3.63, 3.8) is 0 Å². The van der Waals surface area contributed by atoms with Gasteiger partial charge in [0.1, 0.15) is 12.4 Å². The Bertz CT molecular complexity index is 1110. The zero-order chi connectivity index (χ0) is 21.7. The lowest BCUT2D eigenvalue weighted by atomic mass is 10.1. The molecule has 7 nitrogen and oxygen atoms in total. The average molecular weight is 442 g/mol. The molecule has 164 valence electrons. The van der Waals surface area contributed by atoms with Crippen LogP contribution in [0.25, 0.3) is 10.9 Å². The van der Waals surface area contributed by atoms with Crippen LogP contribution in [0.3, 0.4) is 0 Å². The number of benzene rings is 2. The predicted octanol–water partition coefficient (Wildman–Crippen LogP) is 2.77. The van der Waals surface area contributed by atoms with E-state index in [0.29, 0.717) is 50.0 Å². The zero-order valence-electron chi connectivity index (χ0n) is 17.6. The van der Waals surface area contributed by atoms with E-state index in [1.807, 2.05) is 18.3 Å². The van der Waals surface area contributed by atoms with Gasteiger partial charge in [-0.2, -0.15) is 4.31 Å². The molecule has 0 unspecified atom stereocenters. The molecule has 0 aliphatic carbocycles. The van der Waals surface area contributed by atoms with Gasteiger partial charge in [0.25, 0.3) is 0 Å². The minimum absolute atomic E-state index is 0.290. The first-order valence-electron chi connectivity index (χ1n) is 10.3. The van der Waals surface area contributed by atoms with E-state index in [0.717, 1.165) is 17.4 Å². The molecule has 1 saturated heterocycles. The summed E-state index contributed by atoms with van der Waals surface area (Å²) in [5, 5.41) is 1.12. The molecule has 0 radical (unpaired) electrons. The summed E-state index contributed by atoms with van der Waals surface area (Å²) in [7, 11) is -1.91. The van der Waals surface area contributed by atoms with Gasteiger partial charge >= 0.3 is 0 Å². The molecule has 1 fully saturated rings. The summed E-state index contributed by atoms with van der Waals surface area (Å²) in [6, 6.07) is 16.8. The lowest BCUT2D eigenvalue weighted by molar-refractivity contribution is 0.146. The first kappa shape index (κ1) is 21.7. The second-order valence-corrected chi connectivity index (χ2v) is 9.42. The number of pyridine rings is 1. The molecule has 0 saturated carbocycles. The van der Waals surface area contributed by atoms with Gasteiger partial charge in [-0.25, -0.2) is 8.42 Å². The van der Waals surface area contributed by atoms with Crippen LogP contribution >= 0.6 is 0 Å². The number of hydrogen-bond acceptors (Lipinski definition) is 6. The Morgan fingerprint density at radius 2 is 1.68 bits per heavy atom. The van der Waals surface area contributed by atoms with Gasteiger partial charge in [-0.05, 0) is 35.9 Å². The third kappa shape index (κ3) is 5.04. The Morgan fingerprint density at radius 3 is 2.42 bits per heavy atom. The SMILES string of the molecule is COCCOc1ccc(S(=O)(=O)N2CCN(Cc3cccc4cccnc34)CC2)cc1. The molecule has 2 aromatic carbocycles. The van der Waals surface area contributed by atoms with Crippen molar-refractivity contribution < 1.29 is 17.9 Å². The molecule has 31 heavy (non-hydrogen) atoms. The number of fused-ring (bicyclic) bond motifs is 1. The first-order chi connectivity index (χ1) is 15.1. The lowest BCUT2D eigenvalue weighted by Gasteiger charge is -2.34. The van der Waals surface area contributed by atoms with Crippen LogP contribution in [0.1, 0.15) is 5.56 Å². The Kier molecular flexibility index (Phi) is 6.82. The Labute approximate surface area is 183 Å². The molecule has 1 aliphatic rings. The summed E-state index contributed by atoms with van der Waals surface area (Å²) in [5.41, 5.74) is 2.17. The van der Waals surface area contributed by atoms with Crippen molar-refractivity contribution in [1.82, 2.24) is 14.2 Å². The fraction of sp³-hybridized carbons (Fsp3) is 0.348. The van der Waals surface area contributed by atoms with Crippen LogP contribution in [0.15, 0.2) is 65.7 Å². The van der Waals surface area contributed by atoms with E-state index in [1.165, 1.54) is 5.56 Å². The lowest BCUT2D eigenvalue weighted by Crippen LogP contribution is -2.48. The number of piperazine rings is 1. The predicted molar refractivity (Wildman–Crippen MR) is 120 cm³/mol. The fourth-order valence-electron chi connectivity index (χ4n) is 3.76. The number of aromatic nitrogens is 1. The molecule has 0 amide bonds. The number of nitrogens with zero attached hydrogens (tertiary/aromatic N) is 3. The molecule has 1 aliphatic heterocycles. The van der Waals surface area contributed by atoms with Crippen LogP contribution in [0.5, 0.6) is 5.75 Å². The van der Waals surface area contributed by atoms with E-state index in [-0.39, 0.29) is 0 Å². The molecular formula is C23H27N3O4S. The molecular weight excluding hydrogens is 414 g/mol. The highest BCUT2D eigenvalue weighted by Gasteiger charge is 2.28. The standard InChI is InChI=1S/C23H27N3O4S/c1-29-16-17-30-21-7-9-22(10-8-21)31(27,28)26-14-12-25(13-15-26)18-20-5-2-4-19-6-3-11-24-23(19)20/h2-11H,12-18H2,1H3. The number of methoxy groups -OCH3 is 1. The van der Waals surface area contributed by atoms with Crippen LogP contribution in [-0.4, -0.2) is 69.1 Å². The van der Waals surface area contributed by atoms with Gasteiger partial charge in [-0.3, -0.25) is 9.88 Å². The Morgan fingerprint density at radius 1 is 0.935 bits per heavy atom. The van der Waals surface area contributed by atoms with Gasteiger partial charge in [0.15, 0.2) is 0 Å². The molecule has 0 spiro atoms. The van der Waals surface area contributed by atoms with Gasteiger partial charge < -0.3 is 9.47 Å². The topological polar surface area (TPSA) is 72.0 Å². The van der Waals surface area contributed by atoms with E-state index < -0.39 is 10.0 Å². The normalized spacial score (nSPS) is 15.9. The van der Waals surface area contributed by atoms with Gasteiger partial charge in [-0.15, -0.1) is 0 Å². The van der Waals surface area contributed by atoms with Gasteiger partial charge in [0.2, 0.25) is 10.0 Å². The quantitative estimate of drug-likeness (QED) is 0.501. The van der Waals surface area contributed by atoms with E-state index >= 15 is 0 Å². The number of para-hydroxylation sites is 1. The Balaban J connectivity index is 1.37. The van der Waals surface area contributed by atoms with Crippen molar-refractivity contribution >= 4 is 20.9 Å². The van der Waals surface area contributed by atoms with E-state index in [1.54, 1.807) is 35.7 Å². The van der Waals surface area contributed by atoms with E-state index in [9.17, 15) is 8.42 Å². The van der Waals surface area contributed by atoms with Crippen LogP contribution in [0, 0.1) is 0 Å². The van der Waals surface area contributed by atoms with Crippen molar-refractivity contribution in [3.8, 4) is 5.75 Å². The van der Waals surface area contributed by atoms with E-state index in [4.69, 9.17) is 9.47 Å². The third-order valence-corrected chi connectivity index (χ3v) is 7.37. The zero-order valence-corrected chi connectivity index (χ0v) is 18.4. The van der Waals surface area contributed by atoms with Crippen LogP contribution in [0.4, 0.5) is 0 Å². The second kappa shape index (κ2) is 9.74. The number of sulfonamides is 1. The van der Waals surface area contributed by atoms with Crippen LogP contribution in [0.2, 0.25) is 0 Å². The summed E-state index contributed by atoms with van der Waals surface area (Å²) in [6.07, 6.45) is 1.81. The molecule has 2 heterocycles. The van der Waals surface area contributed by atoms with Crippen molar-refractivity contribution in [2.45, 2.75) is 11.4 Å². The smallest absolute Gasteiger partial charge is 0.243 e. The fourth-order valence-corrected chi connectivity index (χ4v) is 5.19. The molecule has 0 bridgehead atoms. The molecule has 1 aromatic heterocycles. The van der Waals surface area contributed by atoms with Gasteiger partial charge in [0.05, 0.1) is 17.0 Å². The number of rotatable bonds is 8. The highest BCUT2D eigenvalue weighted by Crippen LogP contribution is 2.22. The minimum Gasteiger partial charge on any atom is -0.491 e. The van der Waals surface area contributed by atoms with E-state index in [2.05, 4.69) is 28.1 Å². The summed E-state index contributed by atoms with van der Waals surface area (Å²) < 4.78 is 38.1. The molecule has 0 atom stereocenters. The van der Waals surface area contributed by atoms with Gasteiger partial charge in [0, 0.05) is 51.4 Å². The molecule has 8 heteroatoms. The maximum Gasteiger partial charge on any atom is 0.243 e. The third-order valence-electron chi connectivity index (χ3n) is 5.46. The highest BCUT2D eigenvalue weighted by molar-refractivity contribution is 7.89. The van der Waals surface area contributed by atoms with Crippen molar-refractivity contribution in [1.29, 1.82) is 0 Å². The summed E-state index contributed by atoms with van der Waals surface area (Å²) >= 11 is 0. The largest absolute Gasteiger partial charge is 0.491 e. The number of ether oxygens (including phenoxy) is 2. The van der Waals surface area contributed by atoms with Crippen molar-refractivity contribution in [2.24, 2.45) is 0 Å². The summed E-state index contributed by atoms with van der Waals surface area (Å²) in [6.45, 7) is 3.96. The summed E-state index contributed by atoms with van der Waals surface area (Å²) in [5.74, 6) is 0.629. The van der Waals surface area contributed by atoms with Crippen molar-refractivity contribution in [2.75, 3.05) is 46.5 Å². The van der Waals surface area contributed by atoms with Crippen molar-refractivity contribution in [3.05, 3.63) is 66.4 Å². The maximum atomic E-state index is 13.0. The molecule has 3 aromatic rings. The monoisotopic (exact) mass is 441 g/mol. The average Bonchev–Trinajstić information content (AvgIpc) is 2.80. The minimum atomic E-state index is -3.52. The number of hydrogen-bond donors (Lipinski definition) is 0. The van der Waals surface area contributed by atoms with Crippen LogP contribution < -0.4 is 4.74 Å².